The number of nitrogens with zero attached hydrogens (tertiary/aromatic N) is 5. The number of guanidine groups is 1. The van der Waals surface area contributed by atoms with Gasteiger partial charge in [0, 0.05) is 39.2 Å². The summed E-state index contributed by atoms with van der Waals surface area (Å²) in [7, 11) is 7.92. The molecule has 8 heteroatoms. The monoisotopic (exact) mass is 391 g/mol. The summed E-state index contributed by atoms with van der Waals surface area (Å²) >= 11 is 0. The Hall–Kier alpha value is -1.67. The average molecular weight is 392 g/mol. The third kappa shape index (κ3) is 5.44. The van der Waals surface area contributed by atoms with Gasteiger partial charge in [-0.1, -0.05) is 19.3 Å². The second-order valence-corrected chi connectivity index (χ2v) is 8.32. The maximum Gasteiger partial charge on any atom is 0.191 e. The van der Waals surface area contributed by atoms with Crippen molar-refractivity contribution >= 4 is 5.96 Å². The number of hydrogen-bond donors (Lipinski definition) is 2. The lowest BCUT2D eigenvalue weighted by atomic mass is 9.83. The van der Waals surface area contributed by atoms with Crippen LogP contribution in [0.25, 0.3) is 0 Å². The number of fused-ring (bicyclic) bond motifs is 1. The minimum atomic E-state index is 0.309. The van der Waals surface area contributed by atoms with Crippen LogP contribution in [0, 0.1) is 5.92 Å². The summed E-state index contributed by atoms with van der Waals surface area (Å²) in [5, 5.41) is 11.7. The molecule has 1 aliphatic heterocycles. The van der Waals surface area contributed by atoms with Gasteiger partial charge in [-0.2, -0.15) is 5.10 Å². The van der Waals surface area contributed by atoms with Gasteiger partial charge in [-0.05, 0) is 39.3 Å². The molecular formula is C20H37N7O. The van der Waals surface area contributed by atoms with Crippen LogP contribution in [0.1, 0.15) is 50.2 Å². The summed E-state index contributed by atoms with van der Waals surface area (Å²) in [5.74, 6) is 3.48. The number of hydrogen-bond acceptors (Lipinski definition) is 5. The van der Waals surface area contributed by atoms with Gasteiger partial charge >= 0.3 is 0 Å². The van der Waals surface area contributed by atoms with Gasteiger partial charge in [0.2, 0.25) is 0 Å². The van der Waals surface area contributed by atoms with Crippen molar-refractivity contribution < 1.29 is 4.74 Å². The predicted molar refractivity (Wildman–Crippen MR) is 111 cm³/mol. The summed E-state index contributed by atoms with van der Waals surface area (Å²) in [5.41, 5.74) is 0. The number of ether oxygens (including phenoxy) is 1. The summed E-state index contributed by atoms with van der Waals surface area (Å²) in [6.07, 6.45) is 8.78. The molecule has 0 spiro atoms. The smallest absolute Gasteiger partial charge is 0.191 e. The highest BCUT2D eigenvalue weighted by molar-refractivity contribution is 5.80. The third-order valence-electron chi connectivity index (χ3n) is 6.08. The van der Waals surface area contributed by atoms with Crippen LogP contribution in [0.3, 0.4) is 0 Å². The van der Waals surface area contributed by atoms with Crippen molar-refractivity contribution in [3.05, 3.63) is 11.6 Å². The van der Waals surface area contributed by atoms with E-state index < -0.39 is 0 Å². The zero-order chi connectivity index (χ0) is 19.9. The van der Waals surface area contributed by atoms with Gasteiger partial charge in [-0.3, -0.25) is 4.99 Å². The molecule has 2 aliphatic rings. The number of aromatic nitrogens is 3. The predicted octanol–water partition coefficient (Wildman–Crippen LogP) is 1.41. The van der Waals surface area contributed by atoms with Crippen molar-refractivity contribution in [2.24, 2.45) is 10.9 Å². The van der Waals surface area contributed by atoms with E-state index in [0.717, 1.165) is 49.5 Å². The van der Waals surface area contributed by atoms with Crippen LogP contribution in [-0.2, 0) is 24.3 Å². The van der Waals surface area contributed by atoms with Crippen LogP contribution in [0.5, 0.6) is 0 Å². The first-order valence-electron chi connectivity index (χ1n) is 10.7. The fraction of sp³-hybridized carbons (Fsp3) is 0.850. The molecule has 0 radical (unpaired) electrons. The molecular weight excluding hydrogens is 354 g/mol. The highest BCUT2D eigenvalue weighted by Gasteiger charge is 2.26. The van der Waals surface area contributed by atoms with Gasteiger partial charge in [0.15, 0.2) is 11.8 Å². The SMILES string of the molecule is CN=C(NCC(C1CCCCC1)N(C)C)NC1CCc2nc(COC)nn2C1. The summed E-state index contributed by atoms with van der Waals surface area (Å²) in [6, 6.07) is 0.854. The Kier molecular flexibility index (Phi) is 7.67. The summed E-state index contributed by atoms with van der Waals surface area (Å²) < 4.78 is 7.16. The first kappa shape index (κ1) is 21.0. The molecule has 2 atom stereocenters. The minimum absolute atomic E-state index is 0.309. The van der Waals surface area contributed by atoms with Crippen molar-refractivity contribution in [2.75, 3.05) is 34.8 Å². The molecule has 0 aromatic carbocycles. The van der Waals surface area contributed by atoms with E-state index in [9.17, 15) is 0 Å². The zero-order valence-corrected chi connectivity index (χ0v) is 17.9. The fourth-order valence-electron chi connectivity index (χ4n) is 4.55. The van der Waals surface area contributed by atoms with E-state index in [1.807, 2.05) is 11.7 Å². The molecule has 1 fully saturated rings. The van der Waals surface area contributed by atoms with E-state index in [-0.39, 0.29) is 0 Å². The average Bonchev–Trinajstić information content (AvgIpc) is 3.09. The van der Waals surface area contributed by atoms with E-state index in [2.05, 4.69) is 44.7 Å². The second-order valence-electron chi connectivity index (χ2n) is 8.32. The lowest BCUT2D eigenvalue weighted by Crippen LogP contribution is -2.51. The van der Waals surface area contributed by atoms with Crippen LogP contribution in [-0.4, -0.2) is 72.5 Å². The number of rotatable bonds is 7. The molecule has 0 saturated heterocycles. The lowest BCUT2D eigenvalue weighted by Gasteiger charge is -2.35. The van der Waals surface area contributed by atoms with Crippen molar-refractivity contribution in [2.45, 2.75) is 70.2 Å². The van der Waals surface area contributed by atoms with Crippen molar-refractivity contribution in [1.82, 2.24) is 30.3 Å². The van der Waals surface area contributed by atoms with Crippen LogP contribution in [0.4, 0.5) is 0 Å². The molecule has 2 N–H and O–H groups in total. The van der Waals surface area contributed by atoms with E-state index in [1.165, 1.54) is 32.1 Å². The number of aryl methyl sites for hydroxylation is 1. The van der Waals surface area contributed by atoms with Gasteiger partial charge in [-0.25, -0.2) is 9.67 Å². The normalized spacial score (nSPS) is 22.2. The first-order chi connectivity index (χ1) is 13.6. The Morgan fingerprint density at radius 1 is 1.29 bits per heavy atom. The van der Waals surface area contributed by atoms with E-state index in [1.54, 1.807) is 7.11 Å². The van der Waals surface area contributed by atoms with Gasteiger partial charge in [0.05, 0.1) is 6.54 Å². The van der Waals surface area contributed by atoms with Crippen LogP contribution in [0.2, 0.25) is 0 Å². The molecule has 1 saturated carbocycles. The molecule has 2 heterocycles. The van der Waals surface area contributed by atoms with Crippen molar-refractivity contribution in [3.8, 4) is 0 Å². The van der Waals surface area contributed by atoms with Gasteiger partial charge in [-0.15, -0.1) is 0 Å². The fourth-order valence-corrected chi connectivity index (χ4v) is 4.55. The highest BCUT2D eigenvalue weighted by Crippen LogP contribution is 2.28. The number of likely N-dealkylation sites (N-methyl/N-ethyl adjacent to an activating group) is 1. The molecule has 0 amide bonds. The zero-order valence-electron chi connectivity index (χ0n) is 17.9. The molecule has 28 heavy (non-hydrogen) atoms. The second kappa shape index (κ2) is 10.2. The summed E-state index contributed by atoms with van der Waals surface area (Å²) in [6.45, 7) is 2.21. The molecule has 1 aromatic rings. The topological polar surface area (TPSA) is 79.6 Å². The molecule has 2 unspecified atom stereocenters. The Balaban J connectivity index is 1.52. The Morgan fingerprint density at radius 2 is 2.07 bits per heavy atom. The number of methoxy groups -OCH3 is 1. The van der Waals surface area contributed by atoms with Crippen LogP contribution < -0.4 is 10.6 Å². The Labute approximate surface area is 169 Å². The minimum Gasteiger partial charge on any atom is -0.377 e. The number of nitrogens with one attached hydrogen (secondary N) is 2. The molecule has 158 valence electrons. The van der Waals surface area contributed by atoms with E-state index in [4.69, 9.17) is 4.74 Å². The van der Waals surface area contributed by atoms with Crippen LogP contribution >= 0.6 is 0 Å². The molecule has 0 bridgehead atoms. The molecule has 1 aromatic heterocycles. The summed E-state index contributed by atoms with van der Waals surface area (Å²) in [4.78, 5) is 11.4. The van der Waals surface area contributed by atoms with Crippen molar-refractivity contribution in [1.29, 1.82) is 0 Å². The highest BCUT2D eigenvalue weighted by atomic mass is 16.5. The number of aliphatic imine (C=N–C) groups is 1. The standard InChI is InChI=1S/C20H37N7O/c1-21-20(22-12-17(26(2)3)15-8-6-5-7-9-15)23-16-10-11-19-24-18(14-28-4)25-27(19)13-16/h15-17H,5-14H2,1-4H3,(H2,21,22,23). The van der Waals surface area contributed by atoms with Gasteiger partial charge in [0.1, 0.15) is 12.4 Å². The quantitative estimate of drug-likeness (QED) is 0.541. The van der Waals surface area contributed by atoms with Gasteiger partial charge in [0.25, 0.3) is 0 Å². The lowest BCUT2D eigenvalue weighted by molar-refractivity contribution is 0.171. The van der Waals surface area contributed by atoms with E-state index in [0.29, 0.717) is 18.7 Å². The Bertz CT molecular complexity index is 636. The molecule has 1 aliphatic carbocycles. The Morgan fingerprint density at radius 3 is 2.75 bits per heavy atom. The van der Waals surface area contributed by atoms with Gasteiger partial charge < -0.3 is 20.3 Å². The molecule has 3 rings (SSSR count). The van der Waals surface area contributed by atoms with Crippen LogP contribution in [0.15, 0.2) is 4.99 Å². The maximum atomic E-state index is 5.15. The largest absolute Gasteiger partial charge is 0.377 e. The van der Waals surface area contributed by atoms with E-state index >= 15 is 0 Å². The maximum absolute atomic E-state index is 5.15. The first-order valence-corrected chi connectivity index (χ1v) is 10.7. The van der Waals surface area contributed by atoms with Crippen molar-refractivity contribution in [3.63, 3.8) is 0 Å². The molecule has 8 nitrogen and oxygen atoms in total. The third-order valence-corrected chi connectivity index (χ3v) is 6.08.